The van der Waals surface area contributed by atoms with Crippen LogP contribution < -0.4 is 5.73 Å². The van der Waals surface area contributed by atoms with Crippen molar-refractivity contribution in [3.8, 4) is 5.75 Å². The van der Waals surface area contributed by atoms with Gasteiger partial charge in [0, 0.05) is 86.7 Å². The van der Waals surface area contributed by atoms with Crippen molar-refractivity contribution in [2.24, 2.45) is 5.73 Å². The predicted octanol–water partition coefficient (Wildman–Crippen LogP) is 14.5. The molecular weight excluding hydrogens is 1460 g/mol. The highest BCUT2D eigenvalue weighted by molar-refractivity contribution is 7.60. The summed E-state index contributed by atoms with van der Waals surface area (Å²) in [5.41, 5.74) is 18.0. The molecule has 22 nitrogen and oxygen atoms in total. The Morgan fingerprint density at radius 1 is 0.432 bits per heavy atom. The molecule has 0 fully saturated rings. The lowest BCUT2D eigenvalue weighted by atomic mass is 10.0. The van der Waals surface area contributed by atoms with E-state index in [2.05, 4.69) is 74.1 Å². The molecule has 606 valence electrons. The van der Waals surface area contributed by atoms with Gasteiger partial charge in [0.05, 0.1) is 13.2 Å². The van der Waals surface area contributed by atoms with Gasteiger partial charge in [-0.1, -0.05) is 163 Å². The van der Waals surface area contributed by atoms with E-state index in [1.165, 1.54) is 82.8 Å². The average molecular weight is 1580 g/mol. The Labute approximate surface area is 660 Å². The number of Topliss-reactive ketones (excluding diaryl/α,β-unsaturated/α-hetero) is 6. The Morgan fingerprint density at radius 2 is 0.712 bits per heavy atom. The van der Waals surface area contributed by atoms with Gasteiger partial charge in [-0.25, -0.2) is 9.24 Å². The van der Waals surface area contributed by atoms with E-state index in [0.717, 1.165) is 110 Å². The maximum absolute atomic E-state index is 12.8. The molecule has 1 amide bonds. The fraction of sp³-hybridized carbons (Fsp3) is 0.419. The van der Waals surface area contributed by atoms with E-state index in [4.69, 9.17) is 67.4 Å². The molecule has 5 N–H and O–H groups in total. The average Bonchev–Trinajstić information content (AvgIpc) is 0.894. The van der Waals surface area contributed by atoms with Crippen molar-refractivity contribution < 1.29 is 93.4 Å². The standard InChI is InChI=1S/C13H17NO3.C13H15NO2.C13H18O3.C13H18O2.C12H15FO2.C12H16O3.C10H14.HNO2S.O2S/c1-17-9-12(15)7-3-5-10-4-2-6-11(8-10)13(14)16;1-14-12-7-3-5-11(9-12)6-4-8-13(15)10-16-2;1-16-10-13(15)7-3-5-11-4-2-6-12(8-11)9-14;1-11-5-3-6-12(9-11)7-4-8-13(14)10-15-2;2*1-15-9-12(14)7-3-5-10-4-2-6-11(13)8-10;1-3-5-10-7-4-6-9(2)8-10;1-4(2)3;1-3-2/h2,4,6,8H,3,5,7,9H2,1H3,(H2,14,16);3,5,7,9H,4,6,8,10H2,2H3;2,4,6,8,14H,3,5,7,9-10H2,1H3;3,5-6,9H,4,7-8,10H2,1-2H3;2,4,6,8H,3,5,7,9H2,1H3;2,4,6,8,13H,3,5,7,9H2,1H3;4,6-8H,3,5H2,1-2H3;1H;. The van der Waals surface area contributed by atoms with Crippen LogP contribution in [0.1, 0.15) is 156 Å². The van der Waals surface area contributed by atoms with Crippen LogP contribution in [0.3, 0.4) is 0 Å². The summed E-state index contributed by atoms with van der Waals surface area (Å²) in [5.74, 6) is 0.383. The van der Waals surface area contributed by atoms with Crippen LogP contribution in [0.15, 0.2) is 170 Å². The Morgan fingerprint density at radius 3 is 1.03 bits per heavy atom. The SMILES string of the molecule is CCCc1cccc(C)c1.COCC(=O)CCCc1cccc(C(N)=O)c1.COCC(=O)CCCc1cccc(C)c1.COCC(=O)CCCc1cccc(CO)c1.COCC(=O)CCCc1cccc(F)c1.COCC(=O)CCCc1cccc(O)c1.N=S(=O)=O.O=S=O.[C-]#[N+]c1cccc(CCCC(=O)COC)c1. The van der Waals surface area contributed by atoms with Gasteiger partial charge in [0.1, 0.15) is 51.2 Å². The fourth-order valence-corrected chi connectivity index (χ4v) is 10.3. The quantitative estimate of drug-likeness (QED) is 0.0259. The number of ketones is 6. The molecule has 0 saturated carbocycles. The van der Waals surface area contributed by atoms with E-state index >= 15 is 0 Å². The van der Waals surface area contributed by atoms with E-state index in [0.29, 0.717) is 49.8 Å². The number of nitrogens with zero attached hydrogens (tertiary/aromatic N) is 1. The summed E-state index contributed by atoms with van der Waals surface area (Å²) in [6.07, 6.45) is 15.5. The van der Waals surface area contributed by atoms with Crippen LogP contribution in [-0.4, -0.2) is 150 Å². The monoisotopic (exact) mass is 1580 g/mol. The Balaban J connectivity index is 0. The molecule has 7 rings (SSSR count). The molecule has 111 heavy (non-hydrogen) atoms. The molecule has 0 atom stereocenters. The first-order chi connectivity index (χ1) is 53.3. The van der Waals surface area contributed by atoms with Crippen molar-refractivity contribution in [2.75, 3.05) is 82.3 Å². The predicted molar refractivity (Wildman–Crippen MR) is 430 cm³/mol. The van der Waals surface area contributed by atoms with Gasteiger partial charge in [-0.05, 0) is 173 Å². The third kappa shape index (κ3) is 61.8. The van der Waals surface area contributed by atoms with Gasteiger partial charge in [0.2, 0.25) is 5.91 Å². The lowest BCUT2D eigenvalue weighted by Crippen LogP contribution is -2.11. The number of nitrogens with one attached hydrogen (secondary N) is 1. The summed E-state index contributed by atoms with van der Waals surface area (Å²) < 4.78 is 80.7. The highest BCUT2D eigenvalue weighted by atomic mass is 32.2. The zero-order valence-electron chi connectivity index (χ0n) is 65.8. The molecule has 0 bridgehead atoms. The molecule has 0 aromatic heterocycles. The molecule has 7 aromatic rings. The maximum atomic E-state index is 12.8. The number of methoxy groups -OCH3 is 6. The molecule has 0 saturated heterocycles. The van der Waals surface area contributed by atoms with Crippen LogP contribution in [0, 0.1) is 31.0 Å². The van der Waals surface area contributed by atoms with Crippen LogP contribution in [0.2, 0.25) is 0 Å². The summed E-state index contributed by atoms with van der Waals surface area (Å²) in [5, 5.41) is 18.2. The molecule has 0 aliphatic heterocycles. The lowest BCUT2D eigenvalue weighted by Gasteiger charge is -2.03. The smallest absolute Gasteiger partial charge is 0.335 e. The van der Waals surface area contributed by atoms with Crippen LogP contribution in [0.5, 0.6) is 5.75 Å². The summed E-state index contributed by atoms with van der Waals surface area (Å²) in [4.78, 5) is 81.3. The number of carbonyl (C=O) groups is 7. The molecule has 25 heteroatoms. The van der Waals surface area contributed by atoms with Crippen molar-refractivity contribution in [3.63, 3.8) is 0 Å². The van der Waals surface area contributed by atoms with Crippen LogP contribution in [0.25, 0.3) is 4.85 Å². The first kappa shape index (κ1) is 103. The van der Waals surface area contributed by atoms with Crippen molar-refractivity contribution >= 4 is 68.4 Å². The fourth-order valence-electron chi connectivity index (χ4n) is 10.3. The molecule has 0 aliphatic rings. The van der Waals surface area contributed by atoms with Crippen molar-refractivity contribution in [1.29, 1.82) is 4.78 Å². The van der Waals surface area contributed by atoms with Gasteiger partial charge in [0.15, 0.2) is 40.4 Å². The molecule has 0 radical (unpaired) electrons. The first-order valence-electron chi connectivity index (χ1n) is 36.2. The van der Waals surface area contributed by atoms with Crippen LogP contribution in [-0.2, 0) is 131 Å². The Kier molecular flexibility index (Phi) is 64.9. The number of carbonyl (C=O) groups excluding carboxylic acids is 7. The van der Waals surface area contributed by atoms with Crippen molar-refractivity contribution in [1.82, 2.24) is 0 Å². The van der Waals surface area contributed by atoms with E-state index in [9.17, 15) is 43.1 Å². The minimum atomic E-state index is -2.61. The summed E-state index contributed by atoms with van der Waals surface area (Å²) in [6, 6.07) is 53.2. The number of primary amides is 1. The van der Waals surface area contributed by atoms with Crippen molar-refractivity contribution in [3.05, 3.63) is 248 Å². The molecule has 0 aliphatic carbocycles. The third-order valence-corrected chi connectivity index (χ3v) is 15.3. The number of rotatable bonds is 40. The van der Waals surface area contributed by atoms with Gasteiger partial charge in [0.25, 0.3) is 0 Å². The molecule has 0 spiro atoms. The number of amides is 1. The minimum Gasteiger partial charge on any atom is -0.508 e. The third-order valence-electron chi connectivity index (χ3n) is 15.3. The number of benzene rings is 7. The van der Waals surface area contributed by atoms with Gasteiger partial charge < -0.3 is 44.4 Å². The number of aliphatic hydroxyl groups excluding tert-OH is 1. The highest BCUT2D eigenvalue weighted by Crippen LogP contribution is 2.18. The Hall–Kier alpha value is -9.59. The number of aliphatic hydroxyl groups is 1. The topological polar surface area (TPSA) is 338 Å². The van der Waals surface area contributed by atoms with Gasteiger partial charge in [-0.3, -0.25) is 33.6 Å². The van der Waals surface area contributed by atoms with E-state index in [-0.39, 0.29) is 92.5 Å². The molecule has 0 heterocycles. The minimum absolute atomic E-state index is 0.0659. The number of phenols is 1. The molecule has 0 unspecified atom stereocenters. The maximum Gasteiger partial charge on any atom is 0.335 e. The second-order valence-corrected chi connectivity index (χ2v) is 25.7. The number of phenolic OH excluding ortho intramolecular Hbond substituents is 1. The normalized spacial score (nSPS) is 9.82. The summed E-state index contributed by atoms with van der Waals surface area (Å²) >= 11 is -0.750. The summed E-state index contributed by atoms with van der Waals surface area (Å²) in [7, 11) is 6.53. The van der Waals surface area contributed by atoms with Gasteiger partial charge in [-0.2, -0.15) is 21.6 Å². The van der Waals surface area contributed by atoms with Crippen LogP contribution >= 0.6 is 0 Å². The molecular formula is C86H114FN3O19S2. The number of hydrogen-bond donors (Lipinski definition) is 4. The number of nitrogens with two attached hydrogens (primary N) is 1. The highest BCUT2D eigenvalue weighted by Gasteiger charge is 2.08. The number of hydrogen-bond acceptors (Lipinski definition) is 20. The lowest BCUT2D eigenvalue weighted by molar-refractivity contribution is -0.123. The van der Waals surface area contributed by atoms with Crippen LogP contribution in [0.4, 0.5) is 10.1 Å². The first-order valence-corrected chi connectivity index (χ1v) is 38.0. The summed E-state index contributed by atoms with van der Waals surface area (Å²) in [6.45, 7) is 14.6. The zero-order chi connectivity index (χ0) is 83.2. The second kappa shape index (κ2) is 69.6. The van der Waals surface area contributed by atoms with E-state index in [1.807, 2.05) is 66.7 Å². The second-order valence-electron chi connectivity index (χ2n) is 25.1. The zero-order valence-corrected chi connectivity index (χ0v) is 67.4. The van der Waals surface area contributed by atoms with Gasteiger partial charge >= 0.3 is 22.1 Å². The number of ether oxygens (including phenoxy) is 6. The number of aryl methyl sites for hydroxylation is 9. The number of aromatic hydroxyl groups is 1. The van der Waals surface area contributed by atoms with E-state index < -0.39 is 28.0 Å². The Bertz CT molecular complexity index is 3810. The largest absolute Gasteiger partial charge is 0.508 e. The van der Waals surface area contributed by atoms with Crippen molar-refractivity contribution in [2.45, 2.75) is 156 Å². The molecule has 7 aromatic carbocycles. The van der Waals surface area contributed by atoms with Gasteiger partial charge in [-0.15, -0.1) is 0 Å². The number of halogens is 1. The van der Waals surface area contributed by atoms with E-state index in [1.54, 1.807) is 49.6 Å².